The Morgan fingerprint density at radius 2 is 2.36 bits per heavy atom. The fourth-order valence-corrected chi connectivity index (χ4v) is 1.03. The van der Waals surface area contributed by atoms with Crippen LogP contribution in [0, 0.1) is 0 Å². The lowest BCUT2D eigenvalue weighted by Crippen LogP contribution is -2.22. The van der Waals surface area contributed by atoms with Crippen LogP contribution in [-0.4, -0.2) is 9.67 Å². The molecule has 0 saturated carbocycles. The van der Waals surface area contributed by atoms with Gasteiger partial charge in [0.2, 0.25) is 0 Å². The first-order valence-electron chi connectivity index (χ1n) is 3.29. The second-order valence-corrected chi connectivity index (χ2v) is 2.34. The van der Waals surface area contributed by atoms with Crippen LogP contribution in [0.5, 0.6) is 6.01 Å². The molecule has 0 amide bonds. The van der Waals surface area contributed by atoms with Gasteiger partial charge in [0.15, 0.2) is 6.01 Å². The van der Waals surface area contributed by atoms with Crippen LogP contribution in [0.25, 0.3) is 5.65 Å². The Morgan fingerprint density at radius 1 is 1.55 bits per heavy atom. The van der Waals surface area contributed by atoms with Crippen molar-refractivity contribution in [2.45, 2.75) is 0 Å². The quantitative estimate of drug-likeness (QED) is 0.462. The summed E-state index contributed by atoms with van der Waals surface area (Å²) in [5.74, 6) is 0. The van der Waals surface area contributed by atoms with E-state index in [0.29, 0.717) is 0 Å². The predicted molar refractivity (Wildman–Crippen MR) is 35.8 cm³/mol. The van der Waals surface area contributed by atoms with Crippen molar-refractivity contribution in [1.82, 2.24) is 9.67 Å². The van der Waals surface area contributed by atoms with Crippen LogP contribution in [0.15, 0.2) is 24.4 Å². The summed E-state index contributed by atoms with van der Waals surface area (Å²) < 4.78 is 3.06. The number of hydrogen-bond donors (Lipinski definition) is 0. The highest BCUT2D eigenvalue weighted by Gasteiger charge is 2.06. The van der Waals surface area contributed by atoms with E-state index in [2.05, 4.69) is 5.10 Å². The number of rotatable bonds is 0. The fourth-order valence-electron chi connectivity index (χ4n) is 1.03. The molecule has 0 fully saturated rings. The molecule has 2 heterocycles. The SMILES string of the molecule is Cn1c([O-])n[n+]2ccccc12. The number of aromatic nitrogens is 3. The van der Waals surface area contributed by atoms with Crippen molar-refractivity contribution in [1.29, 1.82) is 0 Å². The number of nitrogens with zero attached hydrogens (tertiary/aromatic N) is 3. The zero-order valence-corrected chi connectivity index (χ0v) is 6.06. The third kappa shape index (κ3) is 0.756. The van der Waals surface area contributed by atoms with Crippen molar-refractivity contribution < 1.29 is 9.62 Å². The molecular formula is C7H7N3O. The van der Waals surface area contributed by atoms with Crippen molar-refractivity contribution in [2.24, 2.45) is 7.05 Å². The number of fused-ring (bicyclic) bond motifs is 1. The molecule has 0 unspecified atom stereocenters. The van der Waals surface area contributed by atoms with E-state index in [1.807, 2.05) is 18.2 Å². The largest absolute Gasteiger partial charge is 0.825 e. The van der Waals surface area contributed by atoms with Crippen LogP contribution < -0.4 is 9.62 Å². The third-order valence-electron chi connectivity index (χ3n) is 1.64. The maximum Gasteiger partial charge on any atom is 0.307 e. The Bertz CT molecular complexity index is 393. The second kappa shape index (κ2) is 1.95. The molecule has 0 aliphatic carbocycles. The molecule has 2 aromatic rings. The molecule has 56 valence electrons. The van der Waals surface area contributed by atoms with Gasteiger partial charge in [-0.05, 0) is 11.2 Å². The summed E-state index contributed by atoms with van der Waals surface area (Å²) in [6, 6.07) is 5.32. The van der Waals surface area contributed by atoms with Gasteiger partial charge >= 0.3 is 5.65 Å². The lowest BCUT2D eigenvalue weighted by atomic mass is 10.5. The van der Waals surface area contributed by atoms with Gasteiger partial charge in [0, 0.05) is 6.07 Å². The predicted octanol–water partition coefficient (Wildman–Crippen LogP) is -0.768. The lowest BCUT2D eigenvalue weighted by molar-refractivity contribution is -0.582. The van der Waals surface area contributed by atoms with Crippen LogP contribution >= 0.6 is 0 Å². The summed E-state index contributed by atoms with van der Waals surface area (Å²) >= 11 is 0. The van der Waals surface area contributed by atoms with Crippen molar-refractivity contribution in [3.63, 3.8) is 0 Å². The highest BCUT2D eigenvalue weighted by atomic mass is 16.3. The minimum atomic E-state index is -0.226. The van der Waals surface area contributed by atoms with Crippen molar-refractivity contribution in [3.8, 4) is 6.01 Å². The average molecular weight is 149 g/mol. The minimum absolute atomic E-state index is 0.226. The molecule has 0 spiro atoms. The molecule has 0 bridgehead atoms. The Morgan fingerprint density at radius 3 is 3.09 bits per heavy atom. The van der Waals surface area contributed by atoms with E-state index in [-0.39, 0.29) is 6.01 Å². The van der Waals surface area contributed by atoms with E-state index in [0.717, 1.165) is 5.65 Å². The molecule has 0 radical (unpaired) electrons. The molecule has 0 saturated heterocycles. The molecule has 0 aliphatic heterocycles. The topological polar surface area (TPSA) is 45.0 Å². The summed E-state index contributed by atoms with van der Waals surface area (Å²) in [6.45, 7) is 0. The molecule has 11 heavy (non-hydrogen) atoms. The summed E-state index contributed by atoms with van der Waals surface area (Å²) in [6.07, 6.45) is 1.75. The zero-order chi connectivity index (χ0) is 7.84. The molecule has 2 aromatic heterocycles. The molecule has 0 atom stereocenters. The van der Waals surface area contributed by atoms with Gasteiger partial charge in [-0.1, -0.05) is 6.07 Å². The Balaban J connectivity index is 2.92. The highest BCUT2D eigenvalue weighted by Crippen LogP contribution is 2.00. The standard InChI is InChI=1S/C7H7N3O/c1-9-6-4-2-3-5-10(6)8-7(9)11/h2-5H,1H3. The maximum atomic E-state index is 11.0. The van der Waals surface area contributed by atoms with E-state index >= 15 is 0 Å². The first-order chi connectivity index (χ1) is 5.29. The first kappa shape index (κ1) is 6.15. The Kier molecular flexibility index (Phi) is 1.09. The van der Waals surface area contributed by atoms with Gasteiger partial charge in [-0.3, -0.25) is 0 Å². The molecule has 0 N–H and O–H groups in total. The summed E-state index contributed by atoms with van der Waals surface area (Å²) in [5.41, 5.74) is 0.803. The van der Waals surface area contributed by atoms with E-state index in [4.69, 9.17) is 0 Å². The smallest absolute Gasteiger partial charge is 0.307 e. The van der Waals surface area contributed by atoms with Crippen LogP contribution in [0.1, 0.15) is 0 Å². The maximum absolute atomic E-state index is 11.0. The van der Waals surface area contributed by atoms with Gasteiger partial charge in [0.05, 0.1) is 7.05 Å². The van der Waals surface area contributed by atoms with Gasteiger partial charge in [0.25, 0.3) is 0 Å². The Labute approximate surface area is 63.3 Å². The van der Waals surface area contributed by atoms with Crippen molar-refractivity contribution >= 4 is 5.65 Å². The van der Waals surface area contributed by atoms with Gasteiger partial charge in [-0.15, -0.1) is 4.52 Å². The van der Waals surface area contributed by atoms with Crippen molar-refractivity contribution in [2.75, 3.05) is 0 Å². The van der Waals surface area contributed by atoms with Gasteiger partial charge in [-0.25, -0.2) is 4.57 Å². The van der Waals surface area contributed by atoms with Gasteiger partial charge < -0.3 is 5.11 Å². The van der Waals surface area contributed by atoms with E-state index < -0.39 is 0 Å². The summed E-state index contributed by atoms with van der Waals surface area (Å²) in [5, 5.41) is 14.7. The lowest BCUT2D eigenvalue weighted by Gasteiger charge is -1.91. The molecule has 0 aliphatic rings. The van der Waals surface area contributed by atoms with Crippen LogP contribution in [0.3, 0.4) is 0 Å². The first-order valence-corrected chi connectivity index (χ1v) is 3.29. The number of pyridine rings is 1. The monoisotopic (exact) mass is 149 g/mol. The molecular weight excluding hydrogens is 142 g/mol. The number of hydrogen-bond acceptors (Lipinski definition) is 2. The Hall–Kier alpha value is -1.58. The minimum Gasteiger partial charge on any atom is -0.825 e. The summed E-state index contributed by atoms with van der Waals surface area (Å²) in [7, 11) is 1.70. The van der Waals surface area contributed by atoms with Crippen LogP contribution in [0.4, 0.5) is 0 Å². The molecule has 0 aromatic carbocycles. The van der Waals surface area contributed by atoms with Crippen LogP contribution in [0.2, 0.25) is 0 Å². The van der Waals surface area contributed by atoms with Gasteiger partial charge in [-0.2, -0.15) is 0 Å². The zero-order valence-electron chi connectivity index (χ0n) is 6.06. The number of aryl methyl sites for hydroxylation is 1. The highest BCUT2D eigenvalue weighted by molar-refractivity contribution is 5.30. The molecule has 4 heteroatoms. The van der Waals surface area contributed by atoms with E-state index in [1.165, 1.54) is 4.57 Å². The van der Waals surface area contributed by atoms with Gasteiger partial charge in [0.1, 0.15) is 6.20 Å². The van der Waals surface area contributed by atoms with Crippen molar-refractivity contribution in [3.05, 3.63) is 24.4 Å². The van der Waals surface area contributed by atoms with E-state index in [9.17, 15) is 5.11 Å². The second-order valence-electron chi connectivity index (χ2n) is 2.34. The average Bonchev–Trinajstić information content (AvgIpc) is 2.30. The fraction of sp³-hybridized carbons (Fsp3) is 0.143. The van der Waals surface area contributed by atoms with E-state index in [1.54, 1.807) is 17.8 Å². The normalized spacial score (nSPS) is 10.6. The van der Waals surface area contributed by atoms with Crippen LogP contribution in [-0.2, 0) is 7.05 Å². The third-order valence-corrected chi connectivity index (χ3v) is 1.64. The molecule has 4 nitrogen and oxygen atoms in total. The molecule has 2 rings (SSSR count). The summed E-state index contributed by atoms with van der Waals surface area (Å²) in [4.78, 5) is 0.